The first-order valence-corrected chi connectivity index (χ1v) is 15.7. The molecule has 4 aromatic rings. The summed E-state index contributed by atoms with van der Waals surface area (Å²) in [6.07, 6.45) is 6.61. The van der Waals surface area contributed by atoms with Crippen LogP contribution in [-0.2, 0) is 24.6 Å². The van der Waals surface area contributed by atoms with E-state index in [4.69, 9.17) is 5.10 Å². The molecule has 4 bridgehead atoms. The molecule has 7 aliphatic rings. The van der Waals surface area contributed by atoms with Crippen molar-refractivity contribution in [2.24, 2.45) is 40.6 Å². The van der Waals surface area contributed by atoms with Crippen molar-refractivity contribution in [1.29, 1.82) is 0 Å². The summed E-state index contributed by atoms with van der Waals surface area (Å²) >= 11 is 0. The van der Waals surface area contributed by atoms with Gasteiger partial charge >= 0.3 is 0 Å². The molecular formula is C38H27N3O4. The first-order valence-electron chi connectivity index (χ1n) is 15.7. The summed E-state index contributed by atoms with van der Waals surface area (Å²) in [5.41, 5.74) is 3.14. The average molecular weight is 590 g/mol. The van der Waals surface area contributed by atoms with Crippen LogP contribution in [0.1, 0.15) is 34.6 Å². The minimum Gasteiger partial charge on any atom is -0.274 e. The first kappa shape index (κ1) is 25.2. The number of fused-ring (bicyclic) bond motifs is 6. The average Bonchev–Trinajstić information content (AvgIpc) is 3.82. The van der Waals surface area contributed by atoms with E-state index in [2.05, 4.69) is 12.2 Å². The van der Waals surface area contributed by atoms with Gasteiger partial charge in [0.25, 0.3) is 11.8 Å². The molecule has 0 spiro atoms. The van der Waals surface area contributed by atoms with Crippen molar-refractivity contribution in [2.75, 3.05) is 4.90 Å². The Labute approximate surface area is 258 Å². The minimum absolute atomic E-state index is 0.0639. The van der Waals surface area contributed by atoms with E-state index in [9.17, 15) is 19.2 Å². The molecule has 218 valence electrons. The largest absolute Gasteiger partial charge is 0.274 e. The Hall–Kier alpha value is -5.17. The number of allylic oxidation sites excluding steroid dienone is 2. The van der Waals surface area contributed by atoms with Crippen molar-refractivity contribution in [3.05, 3.63) is 125 Å². The van der Waals surface area contributed by atoms with Crippen LogP contribution in [-0.4, -0.2) is 34.9 Å². The number of amides is 4. The number of carbonyl (C=O) groups is 4. The lowest BCUT2D eigenvalue weighted by Crippen LogP contribution is -2.55. The van der Waals surface area contributed by atoms with Gasteiger partial charge in [-0.2, -0.15) is 10.1 Å². The third-order valence-corrected chi connectivity index (χ3v) is 11.5. The predicted octanol–water partition coefficient (Wildman–Crippen LogP) is 5.18. The smallest absolute Gasteiger partial charge is 0.254 e. The lowest BCUT2D eigenvalue weighted by Gasteiger charge is -2.52. The predicted molar refractivity (Wildman–Crippen MR) is 167 cm³/mol. The number of hydrogen-bond acceptors (Lipinski definition) is 5. The standard InChI is InChI=1S/C38H27N3O4/c42-34-32-31-24-11-3-5-13-26(24)38(27-14-6-4-12-25(27)31,19-39-41-35(43)29-21-16-17-22(18-21)30(29)36(41)44)33(32)37(45)40(34)28-15-7-9-20-8-1-2-10-23(20)28/h1-17,19,21-22,29-33H,18H2/b39-19-/t21-,22-,29-,30+,31?,32-,33+,38?/m0/s1. The molecule has 5 aliphatic carbocycles. The fraction of sp³-hybridized carbons (Fsp3) is 0.237. The zero-order chi connectivity index (χ0) is 30.2. The number of nitrogens with zero attached hydrogens (tertiary/aromatic N) is 3. The quantitative estimate of drug-likeness (QED) is 0.187. The van der Waals surface area contributed by atoms with Gasteiger partial charge in [-0.05, 0) is 52.0 Å². The third-order valence-electron chi connectivity index (χ3n) is 11.5. The van der Waals surface area contributed by atoms with Crippen molar-refractivity contribution in [1.82, 2.24) is 5.01 Å². The number of anilines is 1. The zero-order valence-corrected chi connectivity index (χ0v) is 24.1. The maximum Gasteiger partial charge on any atom is 0.254 e. The Morgan fingerprint density at radius 1 is 0.644 bits per heavy atom. The van der Waals surface area contributed by atoms with Crippen LogP contribution in [0.15, 0.2) is 108 Å². The number of imide groups is 2. The normalized spacial score (nSPS) is 33.5. The van der Waals surface area contributed by atoms with Gasteiger partial charge in [-0.1, -0.05) is 97.1 Å². The van der Waals surface area contributed by atoms with Crippen LogP contribution in [0.3, 0.4) is 0 Å². The number of rotatable bonds is 3. The van der Waals surface area contributed by atoms with Crippen LogP contribution in [0.5, 0.6) is 0 Å². The van der Waals surface area contributed by atoms with E-state index in [-0.39, 0.29) is 53.2 Å². The number of benzene rings is 4. The molecule has 45 heavy (non-hydrogen) atoms. The molecule has 7 nitrogen and oxygen atoms in total. The van der Waals surface area contributed by atoms with Crippen LogP contribution in [0.4, 0.5) is 5.69 Å². The first-order chi connectivity index (χ1) is 22.0. The molecule has 1 saturated carbocycles. The second kappa shape index (κ2) is 8.51. The van der Waals surface area contributed by atoms with E-state index in [1.54, 1.807) is 6.21 Å². The van der Waals surface area contributed by atoms with Crippen molar-refractivity contribution in [3.8, 4) is 0 Å². The molecule has 11 rings (SSSR count). The number of hydrogen-bond donors (Lipinski definition) is 0. The summed E-state index contributed by atoms with van der Waals surface area (Å²) in [7, 11) is 0. The van der Waals surface area contributed by atoms with Crippen molar-refractivity contribution >= 4 is 46.3 Å². The molecule has 0 unspecified atom stereocenters. The molecule has 2 saturated heterocycles. The monoisotopic (exact) mass is 589 g/mol. The van der Waals surface area contributed by atoms with Gasteiger partial charge in [0.2, 0.25) is 11.8 Å². The van der Waals surface area contributed by atoms with Gasteiger partial charge in [0, 0.05) is 17.5 Å². The highest BCUT2D eigenvalue weighted by atomic mass is 16.2. The topological polar surface area (TPSA) is 87.1 Å². The van der Waals surface area contributed by atoms with Crippen molar-refractivity contribution in [2.45, 2.75) is 17.8 Å². The Balaban J connectivity index is 1.18. The SMILES string of the molecule is O=C1[C@@H]2[C@H](C(=O)N1/N=C\C13c4ccccc4C(c4ccccc41)[C@@H]1C(=O)N(c4cccc5ccccc45)C(=O)[C@@H]13)[C@H]1C=C[C@H]2C1. The number of carbonyl (C=O) groups excluding carboxylic acids is 4. The number of hydrazone groups is 1. The summed E-state index contributed by atoms with van der Waals surface area (Å²) in [5.74, 6) is -3.50. The molecule has 0 aromatic heterocycles. The second-order valence-corrected chi connectivity index (χ2v) is 13.3. The van der Waals surface area contributed by atoms with E-state index in [0.29, 0.717) is 5.69 Å². The zero-order valence-electron chi connectivity index (χ0n) is 24.1. The van der Waals surface area contributed by atoms with Gasteiger partial charge in [0.15, 0.2) is 0 Å². The maximum atomic E-state index is 14.9. The molecule has 2 heterocycles. The fourth-order valence-corrected chi connectivity index (χ4v) is 9.84. The summed E-state index contributed by atoms with van der Waals surface area (Å²) in [5, 5.41) is 7.55. The van der Waals surface area contributed by atoms with Gasteiger partial charge < -0.3 is 0 Å². The summed E-state index contributed by atoms with van der Waals surface area (Å²) in [4.78, 5) is 58.3. The molecule has 4 amide bonds. The Morgan fingerprint density at radius 2 is 1.24 bits per heavy atom. The maximum absolute atomic E-state index is 14.9. The third kappa shape index (κ3) is 2.90. The van der Waals surface area contributed by atoms with Crippen molar-refractivity contribution < 1.29 is 19.2 Å². The van der Waals surface area contributed by atoms with Gasteiger partial charge in [-0.3, -0.25) is 19.2 Å². The molecule has 3 fully saturated rings. The fourth-order valence-electron chi connectivity index (χ4n) is 9.84. The summed E-state index contributed by atoms with van der Waals surface area (Å²) in [6.45, 7) is 0. The Bertz CT molecular complexity index is 2030. The minimum atomic E-state index is -1.16. The van der Waals surface area contributed by atoms with E-state index in [1.807, 2.05) is 91.0 Å². The van der Waals surface area contributed by atoms with E-state index in [0.717, 1.165) is 44.5 Å². The molecule has 6 atom stereocenters. The van der Waals surface area contributed by atoms with Gasteiger partial charge in [0.1, 0.15) is 0 Å². The van der Waals surface area contributed by atoms with Crippen LogP contribution in [0.2, 0.25) is 0 Å². The van der Waals surface area contributed by atoms with Crippen molar-refractivity contribution in [3.63, 3.8) is 0 Å². The van der Waals surface area contributed by atoms with Crippen LogP contribution in [0.25, 0.3) is 10.8 Å². The summed E-state index contributed by atoms with van der Waals surface area (Å²) in [6, 6.07) is 29.3. The lowest BCUT2D eigenvalue weighted by atomic mass is 9.47. The second-order valence-electron chi connectivity index (χ2n) is 13.3. The van der Waals surface area contributed by atoms with Crippen LogP contribution < -0.4 is 4.90 Å². The highest BCUT2D eigenvalue weighted by Crippen LogP contribution is 2.64. The Morgan fingerprint density at radius 3 is 1.93 bits per heavy atom. The highest BCUT2D eigenvalue weighted by molar-refractivity contribution is 6.27. The van der Waals surface area contributed by atoms with E-state index >= 15 is 0 Å². The molecular weight excluding hydrogens is 562 g/mol. The van der Waals surface area contributed by atoms with Gasteiger partial charge in [-0.15, -0.1) is 0 Å². The van der Waals surface area contributed by atoms with E-state index in [1.165, 1.54) is 4.90 Å². The summed E-state index contributed by atoms with van der Waals surface area (Å²) < 4.78 is 0. The Kier molecular flexibility index (Phi) is 4.76. The van der Waals surface area contributed by atoms with Crippen LogP contribution in [0, 0.1) is 35.5 Å². The van der Waals surface area contributed by atoms with Gasteiger partial charge in [0.05, 0.1) is 34.8 Å². The molecule has 0 N–H and O–H groups in total. The molecule has 0 radical (unpaired) electrons. The van der Waals surface area contributed by atoms with Crippen LogP contribution >= 0.6 is 0 Å². The van der Waals surface area contributed by atoms with Gasteiger partial charge in [-0.25, -0.2) is 4.90 Å². The van der Waals surface area contributed by atoms with E-state index < -0.39 is 17.3 Å². The molecule has 7 heteroatoms. The lowest BCUT2D eigenvalue weighted by molar-refractivity contribution is -0.140. The molecule has 4 aromatic carbocycles. The highest BCUT2D eigenvalue weighted by Gasteiger charge is 2.68. The molecule has 2 aliphatic heterocycles.